The third kappa shape index (κ3) is 2.48. The Balaban J connectivity index is 3.07. The van der Waals surface area contributed by atoms with Crippen molar-refractivity contribution in [3.8, 4) is 5.75 Å². The van der Waals surface area contributed by atoms with Crippen molar-refractivity contribution < 1.29 is 9.84 Å². The SMILES string of the molecule is Cc1cc(CO)c(OC(C)C)cc1C. The number of aliphatic hydroxyl groups excluding tert-OH is 1. The quantitative estimate of drug-likeness (QED) is 0.801. The summed E-state index contributed by atoms with van der Waals surface area (Å²) in [4.78, 5) is 0. The van der Waals surface area contributed by atoms with E-state index in [0.29, 0.717) is 0 Å². The molecule has 0 aliphatic rings. The molecule has 0 unspecified atom stereocenters. The van der Waals surface area contributed by atoms with E-state index < -0.39 is 0 Å². The summed E-state index contributed by atoms with van der Waals surface area (Å²) in [6.07, 6.45) is 0.141. The van der Waals surface area contributed by atoms with Gasteiger partial charge in [0, 0.05) is 5.56 Å². The van der Waals surface area contributed by atoms with Gasteiger partial charge in [-0.05, 0) is 51.0 Å². The average Bonchev–Trinajstić information content (AvgIpc) is 2.10. The Labute approximate surface area is 85.5 Å². The van der Waals surface area contributed by atoms with Crippen LogP contribution >= 0.6 is 0 Å². The minimum atomic E-state index is 0.0309. The maximum absolute atomic E-state index is 9.17. The van der Waals surface area contributed by atoms with Crippen LogP contribution in [0.15, 0.2) is 12.1 Å². The molecule has 0 amide bonds. The Kier molecular flexibility index (Phi) is 3.53. The van der Waals surface area contributed by atoms with Crippen LogP contribution in [0.4, 0.5) is 0 Å². The fourth-order valence-corrected chi connectivity index (χ4v) is 1.34. The molecule has 1 N–H and O–H groups in total. The fourth-order valence-electron chi connectivity index (χ4n) is 1.34. The van der Waals surface area contributed by atoms with Crippen molar-refractivity contribution >= 4 is 0 Å². The molecule has 0 aliphatic carbocycles. The van der Waals surface area contributed by atoms with Crippen molar-refractivity contribution in [2.45, 2.75) is 40.4 Å². The maximum atomic E-state index is 9.17. The molecule has 0 spiro atoms. The predicted molar refractivity (Wildman–Crippen MR) is 57.6 cm³/mol. The lowest BCUT2D eigenvalue weighted by Gasteiger charge is -2.15. The summed E-state index contributed by atoms with van der Waals surface area (Å²) in [6.45, 7) is 8.08. The molecule has 0 aromatic heterocycles. The topological polar surface area (TPSA) is 29.5 Å². The van der Waals surface area contributed by atoms with Crippen molar-refractivity contribution in [2.75, 3.05) is 0 Å². The summed E-state index contributed by atoms with van der Waals surface area (Å²) in [5, 5.41) is 9.17. The lowest BCUT2D eigenvalue weighted by Crippen LogP contribution is -2.08. The zero-order chi connectivity index (χ0) is 10.7. The first-order valence-electron chi connectivity index (χ1n) is 4.92. The van der Waals surface area contributed by atoms with Crippen molar-refractivity contribution in [2.24, 2.45) is 0 Å². The van der Waals surface area contributed by atoms with Gasteiger partial charge in [0.25, 0.3) is 0 Å². The predicted octanol–water partition coefficient (Wildman–Crippen LogP) is 2.58. The lowest BCUT2D eigenvalue weighted by molar-refractivity contribution is 0.225. The van der Waals surface area contributed by atoms with E-state index in [9.17, 15) is 0 Å². The Bertz CT molecular complexity index is 316. The van der Waals surface area contributed by atoms with Gasteiger partial charge >= 0.3 is 0 Å². The maximum Gasteiger partial charge on any atom is 0.125 e. The van der Waals surface area contributed by atoms with E-state index in [1.807, 2.05) is 39.8 Å². The van der Waals surface area contributed by atoms with Gasteiger partial charge in [-0.3, -0.25) is 0 Å². The van der Waals surface area contributed by atoms with Gasteiger partial charge in [-0.15, -0.1) is 0 Å². The smallest absolute Gasteiger partial charge is 0.125 e. The highest BCUT2D eigenvalue weighted by molar-refractivity contribution is 5.41. The number of rotatable bonds is 3. The summed E-state index contributed by atoms with van der Waals surface area (Å²) in [5.41, 5.74) is 3.24. The van der Waals surface area contributed by atoms with Crippen LogP contribution in [0.1, 0.15) is 30.5 Å². The highest BCUT2D eigenvalue weighted by atomic mass is 16.5. The van der Waals surface area contributed by atoms with Gasteiger partial charge in [0.1, 0.15) is 5.75 Å². The zero-order valence-corrected chi connectivity index (χ0v) is 9.29. The average molecular weight is 194 g/mol. The number of aryl methyl sites for hydroxylation is 2. The molecule has 0 heterocycles. The van der Waals surface area contributed by atoms with Gasteiger partial charge in [0.05, 0.1) is 12.7 Å². The van der Waals surface area contributed by atoms with Crippen LogP contribution in [0.3, 0.4) is 0 Å². The standard InChI is InChI=1S/C12H18O2/c1-8(2)14-12-6-10(4)9(3)5-11(12)7-13/h5-6,8,13H,7H2,1-4H3. The zero-order valence-electron chi connectivity index (χ0n) is 9.29. The summed E-state index contributed by atoms with van der Waals surface area (Å²) in [7, 11) is 0. The number of ether oxygens (including phenoxy) is 1. The third-order valence-corrected chi connectivity index (χ3v) is 2.21. The Hall–Kier alpha value is -1.02. The van der Waals surface area contributed by atoms with Gasteiger partial charge in [-0.25, -0.2) is 0 Å². The van der Waals surface area contributed by atoms with Crippen molar-refractivity contribution in [1.29, 1.82) is 0 Å². The second-order valence-electron chi connectivity index (χ2n) is 3.87. The summed E-state index contributed by atoms with van der Waals surface area (Å²) < 4.78 is 5.61. The molecule has 0 saturated heterocycles. The minimum Gasteiger partial charge on any atom is -0.491 e. The summed E-state index contributed by atoms with van der Waals surface area (Å²) in [5.74, 6) is 0.797. The second-order valence-corrected chi connectivity index (χ2v) is 3.87. The normalized spacial score (nSPS) is 10.7. The molecule has 1 aromatic carbocycles. The number of benzene rings is 1. The van der Waals surface area contributed by atoms with E-state index in [2.05, 4.69) is 0 Å². The molecule has 0 aliphatic heterocycles. The first-order valence-corrected chi connectivity index (χ1v) is 4.92. The molecule has 0 atom stereocenters. The third-order valence-electron chi connectivity index (χ3n) is 2.21. The van der Waals surface area contributed by atoms with Crippen LogP contribution in [0, 0.1) is 13.8 Å². The van der Waals surface area contributed by atoms with Crippen LogP contribution in [0.2, 0.25) is 0 Å². The van der Waals surface area contributed by atoms with Gasteiger partial charge < -0.3 is 9.84 Å². The van der Waals surface area contributed by atoms with Crippen LogP contribution in [0.5, 0.6) is 5.75 Å². The fraction of sp³-hybridized carbons (Fsp3) is 0.500. The highest BCUT2D eigenvalue weighted by Crippen LogP contribution is 2.24. The molecule has 1 aromatic rings. The molecular weight excluding hydrogens is 176 g/mol. The van der Waals surface area contributed by atoms with Gasteiger partial charge in [-0.1, -0.05) is 0 Å². The Morgan fingerprint density at radius 3 is 2.29 bits per heavy atom. The molecule has 0 saturated carbocycles. The first-order chi connectivity index (χ1) is 6.54. The van der Waals surface area contributed by atoms with E-state index in [-0.39, 0.29) is 12.7 Å². The van der Waals surface area contributed by atoms with E-state index in [1.54, 1.807) is 0 Å². The minimum absolute atomic E-state index is 0.0309. The lowest BCUT2D eigenvalue weighted by atomic mass is 10.1. The van der Waals surface area contributed by atoms with Crippen LogP contribution in [-0.2, 0) is 6.61 Å². The molecule has 0 bridgehead atoms. The highest BCUT2D eigenvalue weighted by Gasteiger charge is 2.07. The van der Waals surface area contributed by atoms with Crippen molar-refractivity contribution in [1.82, 2.24) is 0 Å². The molecule has 2 heteroatoms. The Morgan fingerprint density at radius 2 is 1.79 bits per heavy atom. The molecule has 0 radical (unpaired) electrons. The monoisotopic (exact) mass is 194 g/mol. The van der Waals surface area contributed by atoms with Gasteiger partial charge in [0.2, 0.25) is 0 Å². The summed E-state index contributed by atoms with van der Waals surface area (Å²) >= 11 is 0. The molecule has 0 fully saturated rings. The van der Waals surface area contributed by atoms with Crippen LogP contribution in [-0.4, -0.2) is 11.2 Å². The van der Waals surface area contributed by atoms with Crippen LogP contribution < -0.4 is 4.74 Å². The largest absolute Gasteiger partial charge is 0.491 e. The van der Waals surface area contributed by atoms with Crippen molar-refractivity contribution in [3.63, 3.8) is 0 Å². The van der Waals surface area contributed by atoms with E-state index >= 15 is 0 Å². The molecule has 14 heavy (non-hydrogen) atoms. The van der Waals surface area contributed by atoms with Gasteiger partial charge in [0.15, 0.2) is 0 Å². The second kappa shape index (κ2) is 4.47. The van der Waals surface area contributed by atoms with E-state index in [0.717, 1.165) is 11.3 Å². The van der Waals surface area contributed by atoms with Gasteiger partial charge in [-0.2, -0.15) is 0 Å². The molecular formula is C12H18O2. The van der Waals surface area contributed by atoms with E-state index in [1.165, 1.54) is 11.1 Å². The summed E-state index contributed by atoms with van der Waals surface area (Å²) in [6, 6.07) is 3.97. The Morgan fingerprint density at radius 1 is 1.21 bits per heavy atom. The van der Waals surface area contributed by atoms with Crippen LogP contribution in [0.25, 0.3) is 0 Å². The number of hydrogen-bond acceptors (Lipinski definition) is 2. The van der Waals surface area contributed by atoms with Crippen molar-refractivity contribution in [3.05, 3.63) is 28.8 Å². The number of hydrogen-bond donors (Lipinski definition) is 1. The van der Waals surface area contributed by atoms with E-state index in [4.69, 9.17) is 9.84 Å². The number of aliphatic hydroxyl groups is 1. The molecule has 78 valence electrons. The molecule has 2 nitrogen and oxygen atoms in total. The first kappa shape index (κ1) is 11.1. The molecule has 1 rings (SSSR count).